The molecule has 104 valence electrons. The molecule has 2 unspecified atom stereocenters. The summed E-state index contributed by atoms with van der Waals surface area (Å²) in [5.41, 5.74) is 3.09. The van der Waals surface area contributed by atoms with Crippen molar-refractivity contribution >= 4 is 15.9 Å². The van der Waals surface area contributed by atoms with Gasteiger partial charge < -0.3 is 4.90 Å². The van der Waals surface area contributed by atoms with Gasteiger partial charge in [-0.3, -0.25) is 0 Å². The van der Waals surface area contributed by atoms with E-state index in [1.54, 1.807) is 0 Å². The molecule has 3 rings (SSSR count). The fourth-order valence-electron chi connectivity index (χ4n) is 3.37. The Morgan fingerprint density at radius 1 is 1.05 bits per heavy atom. The molecule has 0 heterocycles. The van der Waals surface area contributed by atoms with E-state index in [4.69, 9.17) is 0 Å². The molecule has 2 atom stereocenters. The molecule has 0 N–H and O–H groups in total. The number of nitrogens with zero attached hydrogens (tertiary/aromatic N) is 1. The van der Waals surface area contributed by atoms with Gasteiger partial charge >= 0.3 is 0 Å². The van der Waals surface area contributed by atoms with Gasteiger partial charge in [0.1, 0.15) is 0 Å². The molecule has 0 bridgehead atoms. The molecule has 0 aromatic heterocycles. The van der Waals surface area contributed by atoms with Crippen molar-refractivity contribution in [1.29, 1.82) is 0 Å². The van der Waals surface area contributed by atoms with E-state index in [2.05, 4.69) is 89.5 Å². The Morgan fingerprint density at radius 3 is 2.40 bits per heavy atom. The maximum atomic E-state index is 3.62. The number of hydrogen-bond donors (Lipinski definition) is 0. The normalized spacial score (nSPS) is 24.9. The molecule has 1 aliphatic rings. The molecule has 0 saturated heterocycles. The third-order valence-corrected chi connectivity index (χ3v) is 4.81. The number of rotatable bonds is 4. The van der Waals surface area contributed by atoms with Gasteiger partial charge in [0, 0.05) is 16.4 Å². The van der Waals surface area contributed by atoms with Crippen molar-refractivity contribution in [2.75, 3.05) is 20.6 Å². The molecule has 1 fully saturated rings. The summed E-state index contributed by atoms with van der Waals surface area (Å²) >= 11 is 3.62. The van der Waals surface area contributed by atoms with Crippen molar-refractivity contribution in [3.05, 3.63) is 70.2 Å². The minimum Gasteiger partial charge on any atom is -0.309 e. The largest absolute Gasteiger partial charge is 0.309 e. The fourth-order valence-corrected chi connectivity index (χ4v) is 3.77. The van der Waals surface area contributed by atoms with E-state index in [1.807, 2.05) is 0 Å². The van der Waals surface area contributed by atoms with Crippen LogP contribution in [0.4, 0.5) is 0 Å². The number of halogens is 1. The Morgan fingerprint density at radius 2 is 1.75 bits per heavy atom. The van der Waals surface area contributed by atoms with Crippen LogP contribution in [0.1, 0.15) is 17.5 Å². The molecule has 2 heteroatoms. The van der Waals surface area contributed by atoms with Gasteiger partial charge in [-0.25, -0.2) is 0 Å². The second-order valence-electron chi connectivity index (χ2n) is 6.01. The Bertz CT molecular complexity index is 593. The molecule has 2 aromatic carbocycles. The summed E-state index contributed by atoms with van der Waals surface area (Å²) in [6.45, 7) is 1.14. The fraction of sp³-hybridized carbons (Fsp3) is 0.333. The lowest BCUT2D eigenvalue weighted by Gasteiger charge is -2.21. The quantitative estimate of drug-likeness (QED) is 0.807. The molecule has 20 heavy (non-hydrogen) atoms. The molecule has 1 nitrogen and oxygen atoms in total. The van der Waals surface area contributed by atoms with E-state index >= 15 is 0 Å². The summed E-state index contributed by atoms with van der Waals surface area (Å²) in [6.07, 6.45) is 1.24. The van der Waals surface area contributed by atoms with E-state index in [0.29, 0.717) is 5.92 Å². The SMILES string of the molecule is CN(C)CC1CC1(c1ccccc1)c1cccc(Br)c1. The molecule has 1 saturated carbocycles. The Labute approximate surface area is 129 Å². The maximum Gasteiger partial charge on any atom is 0.0247 e. The van der Waals surface area contributed by atoms with Crippen LogP contribution in [0.2, 0.25) is 0 Å². The molecular weight excluding hydrogens is 310 g/mol. The van der Waals surface area contributed by atoms with E-state index in [1.165, 1.54) is 22.0 Å². The highest BCUT2D eigenvalue weighted by molar-refractivity contribution is 9.10. The van der Waals surface area contributed by atoms with E-state index < -0.39 is 0 Å². The molecule has 0 radical (unpaired) electrons. The highest BCUT2D eigenvalue weighted by Crippen LogP contribution is 2.59. The summed E-state index contributed by atoms with van der Waals surface area (Å²) in [7, 11) is 4.32. The van der Waals surface area contributed by atoms with Crippen LogP contribution in [0.15, 0.2) is 59.1 Å². The van der Waals surface area contributed by atoms with Crippen molar-refractivity contribution in [3.63, 3.8) is 0 Å². The second-order valence-corrected chi connectivity index (χ2v) is 6.93. The first-order chi connectivity index (χ1) is 9.63. The minimum atomic E-state index is 0.204. The lowest BCUT2D eigenvalue weighted by molar-refractivity contribution is 0.377. The summed E-state index contributed by atoms with van der Waals surface area (Å²) in [6, 6.07) is 19.8. The van der Waals surface area contributed by atoms with Gasteiger partial charge in [-0.15, -0.1) is 0 Å². The van der Waals surface area contributed by atoms with E-state index in [0.717, 1.165) is 6.54 Å². The first-order valence-electron chi connectivity index (χ1n) is 7.09. The smallest absolute Gasteiger partial charge is 0.0247 e. The van der Waals surface area contributed by atoms with Crippen LogP contribution in [0.25, 0.3) is 0 Å². The topological polar surface area (TPSA) is 3.24 Å². The van der Waals surface area contributed by atoms with Crippen molar-refractivity contribution in [2.24, 2.45) is 5.92 Å². The molecule has 1 aliphatic carbocycles. The molecule has 0 spiro atoms. The summed E-state index contributed by atoms with van der Waals surface area (Å²) < 4.78 is 1.17. The predicted molar refractivity (Wildman–Crippen MR) is 88.0 cm³/mol. The number of benzene rings is 2. The number of hydrogen-bond acceptors (Lipinski definition) is 1. The lowest BCUT2D eigenvalue weighted by Crippen LogP contribution is -2.21. The van der Waals surface area contributed by atoms with Crippen LogP contribution in [-0.2, 0) is 5.41 Å². The van der Waals surface area contributed by atoms with Crippen LogP contribution < -0.4 is 0 Å². The summed E-state index contributed by atoms with van der Waals surface area (Å²) in [5, 5.41) is 0. The first kappa shape index (κ1) is 13.8. The molecule has 2 aromatic rings. The van der Waals surface area contributed by atoms with Crippen LogP contribution in [0.5, 0.6) is 0 Å². The summed E-state index contributed by atoms with van der Waals surface area (Å²) in [5.74, 6) is 0.703. The van der Waals surface area contributed by atoms with Crippen LogP contribution in [0.3, 0.4) is 0 Å². The standard InChI is InChI=1S/C18H20BrN/c1-20(2)13-16-12-18(16,14-7-4-3-5-8-14)15-9-6-10-17(19)11-15/h3-11,16H,12-13H2,1-2H3. The Hall–Kier alpha value is -1.12. The average Bonchev–Trinajstić information content (AvgIpc) is 3.14. The molecular formula is C18H20BrN. The van der Waals surface area contributed by atoms with Gasteiger partial charge in [0.25, 0.3) is 0 Å². The van der Waals surface area contributed by atoms with Crippen LogP contribution in [-0.4, -0.2) is 25.5 Å². The summed E-state index contributed by atoms with van der Waals surface area (Å²) in [4.78, 5) is 2.30. The Balaban J connectivity index is 2.03. The van der Waals surface area contributed by atoms with Gasteiger partial charge in [0.15, 0.2) is 0 Å². The van der Waals surface area contributed by atoms with Gasteiger partial charge in [-0.1, -0.05) is 58.4 Å². The van der Waals surface area contributed by atoms with Crippen molar-refractivity contribution < 1.29 is 0 Å². The van der Waals surface area contributed by atoms with E-state index in [-0.39, 0.29) is 5.41 Å². The molecule has 0 aliphatic heterocycles. The third-order valence-electron chi connectivity index (χ3n) is 4.32. The second kappa shape index (κ2) is 5.34. The van der Waals surface area contributed by atoms with Gasteiger partial charge in [-0.05, 0) is 49.7 Å². The third kappa shape index (κ3) is 2.43. The van der Waals surface area contributed by atoms with Crippen LogP contribution >= 0.6 is 15.9 Å². The zero-order valence-corrected chi connectivity index (χ0v) is 13.6. The Kier molecular flexibility index (Phi) is 3.70. The highest BCUT2D eigenvalue weighted by atomic mass is 79.9. The zero-order valence-electron chi connectivity index (χ0n) is 12.0. The monoisotopic (exact) mass is 329 g/mol. The van der Waals surface area contributed by atoms with Gasteiger partial charge in [0.05, 0.1) is 0 Å². The van der Waals surface area contributed by atoms with Crippen molar-refractivity contribution in [1.82, 2.24) is 4.90 Å². The van der Waals surface area contributed by atoms with Crippen molar-refractivity contribution in [3.8, 4) is 0 Å². The van der Waals surface area contributed by atoms with Crippen molar-refractivity contribution in [2.45, 2.75) is 11.8 Å². The highest BCUT2D eigenvalue weighted by Gasteiger charge is 2.56. The molecule has 0 amide bonds. The maximum absolute atomic E-state index is 3.62. The van der Waals surface area contributed by atoms with Gasteiger partial charge in [-0.2, -0.15) is 0 Å². The lowest BCUT2D eigenvalue weighted by atomic mass is 9.85. The average molecular weight is 330 g/mol. The van der Waals surface area contributed by atoms with Crippen LogP contribution in [0, 0.1) is 5.92 Å². The predicted octanol–water partition coefficient (Wildman–Crippen LogP) is 4.32. The van der Waals surface area contributed by atoms with Gasteiger partial charge in [0.2, 0.25) is 0 Å². The zero-order chi connectivity index (χ0) is 14.2. The van der Waals surface area contributed by atoms with E-state index in [9.17, 15) is 0 Å². The first-order valence-corrected chi connectivity index (χ1v) is 7.88. The minimum absolute atomic E-state index is 0.204.